The van der Waals surface area contributed by atoms with Gasteiger partial charge in [0.15, 0.2) is 5.78 Å². The molecule has 2 nitrogen and oxygen atoms in total. The molecular weight excluding hydrogens is 353 g/mol. The van der Waals surface area contributed by atoms with Gasteiger partial charge in [0.1, 0.15) is 5.82 Å². The van der Waals surface area contributed by atoms with Gasteiger partial charge in [-0.3, -0.25) is 4.79 Å². The molecule has 1 aromatic heterocycles. The monoisotopic (exact) mass is 363 g/mol. The van der Waals surface area contributed by atoms with E-state index in [2.05, 4.69) is 20.9 Å². The van der Waals surface area contributed by atoms with E-state index in [1.54, 1.807) is 12.3 Å². The van der Waals surface area contributed by atoms with Gasteiger partial charge >= 0.3 is 0 Å². The number of ketones is 1. The van der Waals surface area contributed by atoms with E-state index in [-0.39, 0.29) is 11.6 Å². The fourth-order valence-corrected chi connectivity index (χ4v) is 3.13. The predicted molar refractivity (Wildman–Crippen MR) is 87.5 cm³/mol. The van der Waals surface area contributed by atoms with E-state index in [0.717, 1.165) is 14.8 Å². The summed E-state index contributed by atoms with van der Waals surface area (Å²) in [6, 6.07) is 12.2. The highest BCUT2D eigenvalue weighted by molar-refractivity contribution is 9.10. The van der Waals surface area contributed by atoms with Crippen molar-refractivity contribution in [3.8, 4) is 0 Å². The molecule has 0 fully saturated rings. The number of hydrogen-bond donors (Lipinski definition) is 1. The van der Waals surface area contributed by atoms with Crippen LogP contribution in [0.5, 0.6) is 0 Å². The van der Waals surface area contributed by atoms with Crippen LogP contribution in [0.3, 0.4) is 0 Å². The van der Waals surface area contributed by atoms with E-state index in [9.17, 15) is 9.18 Å². The Balaban J connectivity index is 1.76. The molecule has 0 bridgehead atoms. The summed E-state index contributed by atoms with van der Waals surface area (Å²) in [5.41, 5.74) is 1.25. The van der Waals surface area contributed by atoms with Crippen LogP contribution in [0, 0.1) is 5.82 Å². The molecule has 1 heterocycles. The topological polar surface area (TPSA) is 32.9 Å². The molecule has 0 unspecified atom stereocenters. The minimum atomic E-state index is -0.312. The van der Waals surface area contributed by atoms with Gasteiger partial charge in [0.2, 0.25) is 0 Å². The fourth-order valence-electron chi connectivity index (χ4n) is 2.09. The van der Waals surface area contributed by atoms with E-state index in [0.29, 0.717) is 16.8 Å². The van der Waals surface area contributed by atoms with Gasteiger partial charge in [-0.2, -0.15) is 0 Å². The van der Waals surface area contributed by atoms with E-state index in [1.807, 2.05) is 24.3 Å². The van der Waals surface area contributed by atoms with Gasteiger partial charge < -0.3 is 4.98 Å². The van der Waals surface area contributed by atoms with E-state index in [4.69, 9.17) is 0 Å². The molecule has 0 aliphatic carbocycles. The summed E-state index contributed by atoms with van der Waals surface area (Å²) < 4.78 is 14.1. The average Bonchev–Trinajstić information content (AvgIpc) is 2.89. The van der Waals surface area contributed by atoms with Gasteiger partial charge in [-0.05, 0) is 42.5 Å². The molecule has 0 radical (unpaired) electrons. The summed E-state index contributed by atoms with van der Waals surface area (Å²) in [7, 11) is 0. The second kappa shape index (κ2) is 6.03. The lowest BCUT2D eigenvalue weighted by Gasteiger charge is -2.01. The summed E-state index contributed by atoms with van der Waals surface area (Å²) in [4.78, 5) is 16.3. The highest BCUT2D eigenvalue weighted by Crippen LogP contribution is 2.24. The lowest BCUT2D eigenvalue weighted by atomic mass is 10.1. The van der Waals surface area contributed by atoms with Crippen LogP contribution < -0.4 is 0 Å². The first-order valence-electron chi connectivity index (χ1n) is 6.32. The lowest BCUT2D eigenvalue weighted by Crippen LogP contribution is -2.01. The molecule has 0 aliphatic rings. The van der Waals surface area contributed by atoms with Gasteiger partial charge in [-0.15, -0.1) is 11.8 Å². The summed E-state index contributed by atoms with van der Waals surface area (Å²) in [5.74, 6) is 0.0692. The second-order valence-corrected chi connectivity index (χ2v) is 6.52. The first-order valence-corrected chi connectivity index (χ1v) is 8.09. The molecule has 0 saturated carbocycles. The number of nitrogens with one attached hydrogen (secondary N) is 1. The Kier molecular flexibility index (Phi) is 4.12. The first-order chi connectivity index (χ1) is 10.1. The number of fused-ring (bicyclic) bond motifs is 1. The minimum Gasteiger partial charge on any atom is -0.360 e. The van der Waals surface area contributed by atoms with Crippen LogP contribution in [0.15, 0.2) is 58.0 Å². The normalized spacial score (nSPS) is 11.0. The van der Waals surface area contributed by atoms with Crippen molar-refractivity contribution in [2.75, 3.05) is 5.75 Å². The Bertz CT molecular complexity index is 798. The summed E-state index contributed by atoms with van der Waals surface area (Å²) >= 11 is 4.87. The lowest BCUT2D eigenvalue weighted by molar-refractivity contribution is 0.102. The van der Waals surface area contributed by atoms with Crippen molar-refractivity contribution in [1.29, 1.82) is 0 Å². The summed E-state index contributed by atoms with van der Waals surface area (Å²) in [6.07, 6.45) is 1.65. The molecule has 2 aromatic carbocycles. The molecule has 106 valence electrons. The number of halogens is 2. The zero-order chi connectivity index (χ0) is 14.8. The largest absolute Gasteiger partial charge is 0.360 e. The molecule has 0 atom stereocenters. The fraction of sp³-hybridized carbons (Fsp3) is 0.0625. The molecule has 0 aliphatic heterocycles. The second-order valence-electron chi connectivity index (χ2n) is 4.56. The van der Waals surface area contributed by atoms with Crippen molar-refractivity contribution in [3.05, 3.63) is 64.5 Å². The summed E-state index contributed by atoms with van der Waals surface area (Å²) in [5, 5.41) is 0.762. The van der Waals surface area contributed by atoms with E-state index < -0.39 is 0 Å². The van der Waals surface area contributed by atoms with Crippen LogP contribution in [0.4, 0.5) is 4.39 Å². The first kappa shape index (κ1) is 14.4. The molecule has 3 aromatic rings. The SMILES string of the molecule is O=C(CSc1ccc(Br)cc1)c1c[nH]c2cc(F)ccc12. The third-order valence-corrected chi connectivity index (χ3v) is 4.67. The molecule has 0 spiro atoms. The van der Waals surface area contributed by atoms with Crippen molar-refractivity contribution >= 4 is 44.4 Å². The Morgan fingerprint density at radius 1 is 1.19 bits per heavy atom. The number of rotatable bonds is 4. The molecule has 0 saturated heterocycles. The Labute approximate surface area is 133 Å². The van der Waals surface area contributed by atoms with Gasteiger partial charge in [-0.1, -0.05) is 15.9 Å². The third-order valence-electron chi connectivity index (χ3n) is 3.13. The van der Waals surface area contributed by atoms with Crippen LogP contribution in [-0.4, -0.2) is 16.5 Å². The number of hydrogen-bond acceptors (Lipinski definition) is 2. The highest BCUT2D eigenvalue weighted by atomic mass is 79.9. The molecule has 3 rings (SSSR count). The van der Waals surface area contributed by atoms with Crippen LogP contribution in [0.2, 0.25) is 0 Å². The zero-order valence-corrected chi connectivity index (χ0v) is 13.3. The van der Waals surface area contributed by atoms with Crippen LogP contribution in [-0.2, 0) is 0 Å². The number of carbonyl (C=O) groups excluding carboxylic acids is 1. The molecule has 1 N–H and O–H groups in total. The molecule has 0 amide bonds. The standard InChI is InChI=1S/C16H11BrFNOS/c17-10-1-4-12(5-2-10)21-9-16(20)14-8-19-15-7-11(18)3-6-13(14)15/h1-8,19H,9H2. The average molecular weight is 364 g/mol. The number of H-pyrrole nitrogens is 1. The van der Waals surface area contributed by atoms with Crippen molar-refractivity contribution in [1.82, 2.24) is 4.98 Å². The van der Waals surface area contributed by atoms with Crippen molar-refractivity contribution < 1.29 is 9.18 Å². The Morgan fingerprint density at radius 3 is 2.71 bits per heavy atom. The summed E-state index contributed by atoms with van der Waals surface area (Å²) in [6.45, 7) is 0. The van der Waals surface area contributed by atoms with Gasteiger partial charge in [0.25, 0.3) is 0 Å². The van der Waals surface area contributed by atoms with Gasteiger partial charge in [0.05, 0.1) is 5.75 Å². The zero-order valence-electron chi connectivity index (χ0n) is 10.9. The number of aromatic amines is 1. The van der Waals surface area contributed by atoms with Gasteiger partial charge in [0, 0.05) is 32.0 Å². The number of Topliss-reactive ketones (excluding diaryl/α,β-unsaturated/α-hetero) is 1. The smallest absolute Gasteiger partial charge is 0.175 e. The number of thioether (sulfide) groups is 1. The quantitative estimate of drug-likeness (QED) is 0.519. The molecule has 21 heavy (non-hydrogen) atoms. The van der Waals surface area contributed by atoms with Crippen molar-refractivity contribution in [2.24, 2.45) is 0 Å². The number of carbonyl (C=O) groups is 1. The maximum atomic E-state index is 13.1. The molecule has 5 heteroatoms. The number of benzene rings is 2. The maximum Gasteiger partial charge on any atom is 0.175 e. The van der Waals surface area contributed by atoms with Crippen molar-refractivity contribution in [3.63, 3.8) is 0 Å². The van der Waals surface area contributed by atoms with Crippen LogP contribution in [0.1, 0.15) is 10.4 Å². The van der Waals surface area contributed by atoms with Crippen LogP contribution >= 0.6 is 27.7 Å². The molecular formula is C16H11BrFNOS. The highest BCUT2D eigenvalue weighted by Gasteiger charge is 2.12. The predicted octanol–water partition coefficient (Wildman–Crippen LogP) is 5.04. The maximum absolute atomic E-state index is 13.1. The minimum absolute atomic E-state index is 0.0285. The van der Waals surface area contributed by atoms with E-state index in [1.165, 1.54) is 23.9 Å². The Hall–Kier alpha value is -1.59. The van der Waals surface area contributed by atoms with E-state index >= 15 is 0 Å². The third kappa shape index (κ3) is 3.19. The number of aromatic nitrogens is 1. The van der Waals surface area contributed by atoms with Crippen LogP contribution in [0.25, 0.3) is 10.9 Å². The van der Waals surface area contributed by atoms with Gasteiger partial charge in [-0.25, -0.2) is 4.39 Å². The van der Waals surface area contributed by atoms with Crippen molar-refractivity contribution in [2.45, 2.75) is 4.90 Å². The Morgan fingerprint density at radius 2 is 1.95 bits per heavy atom.